The lowest BCUT2D eigenvalue weighted by molar-refractivity contribution is -0.139. The molecule has 5 nitrogen and oxygen atoms in total. The molecule has 1 heterocycles. The fourth-order valence-corrected chi connectivity index (χ4v) is 3.92. The first-order valence-electron chi connectivity index (χ1n) is 9.76. The van der Waals surface area contributed by atoms with Crippen LogP contribution in [-0.2, 0) is 9.59 Å². The number of amides is 1. The standard InChI is InChI=1S/C23H23Cl2NO4/c1-3-4-5-12-26-20(14-6-9-16(24)10-7-14)19(22(28)23(26)29)21(27)15-8-11-17(25)18(13-15)30-2/h6-11,13,20,27H,3-5,12H2,1-2H3/b21-19-. The van der Waals surface area contributed by atoms with Crippen molar-refractivity contribution in [3.8, 4) is 5.75 Å². The largest absolute Gasteiger partial charge is 0.507 e. The van der Waals surface area contributed by atoms with Gasteiger partial charge < -0.3 is 14.7 Å². The molecule has 1 atom stereocenters. The normalized spacial score (nSPS) is 18.1. The summed E-state index contributed by atoms with van der Waals surface area (Å²) in [6.07, 6.45) is 2.69. The first kappa shape index (κ1) is 22.2. The van der Waals surface area contributed by atoms with Crippen LogP contribution in [0.15, 0.2) is 48.0 Å². The molecule has 2 aromatic rings. The van der Waals surface area contributed by atoms with Gasteiger partial charge in [0.1, 0.15) is 11.5 Å². The van der Waals surface area contributed by atoms with Gasteiger partial charge >= 0.3 is 0 Å². The lowest BCUT2D eigenvalue weighted by Gasteiger charge is -2.25. The van der Waals surface area contributed by atoms with E-state index in [1.165, 1.54) is 12.0 Å². The molecule has 30 heavy (non-hydrogen) atoms. The summed E-state index contributed by atoms with van der Waals surface area (Å²) >= 11 is 12.1. The summed E-state index contributed by atoms with van der Waals surface area (Å²) in [4.78, 5) is 27.3. The highest BCUT2D eigenvalue weighted by molar-refractivity contribution is 6.46. The Morgan fingerprint density at radius 3 is 2.43 bits per heavy atom. The van der Waals surface area contributed by atoms with Gasteiger partial charge in [0.15, 0.2) is 0 Å². The highest BCUT2D eigenvalue weighted by Crippen LogP contribution is 2.40. The van der Waals surface area contributed by atoms with Crippen LogP contribution in [0.4, 0.5) is 0 Å². The molecule has 0 bridgehead atoms. The van der Waals surface area contributed by atoms with E-state index in [2.05, 4.69) is 6.92 Å². The summed E-state index contributed by atoms with van der Waals surface area (Å²) in [5.74, 6) is -1.23. The monoisotopic (exact) mass is 447 g/mol. The number of aliphatic hydroxyl groups excluding tert-OH is 1. The Balaban J connectivity index is 2.13. The number of ether oxygens (including phenoxy) is 1. The van der Waals surface area contributed by atoms with Gasteiger partial charge in [-0.25, -0.2) is 0 Å². The van der Waals surface area contributed by atoms with E-state index in [0.717, 1.165) is 19.3 Å². The number of hydrogen-bond donors (Lipinski definition) is 1. The fraction of sp³-hybridized carbons (Fsp3) is 0.304. The Bertz CT molecular complexity index is 985. The lowest BCUT2D eigenvalue weighted by Crippen LogP contribution is -2.30. The molecule has 0 aromatic heterocycles. The number of halogens is 2. The highest BCUT2D eigenvalue weighted by Gasteiger charge is 2.45. The number of nitrogens with zero attached hydrogens (tertiary/aromatic N) is 1. The first-order valence-corrected chi connectivity index (χ1v) is 10.5. The number of benzene rings is 2. The molecule has 2 aromatic carbocycles. The summed E-state index contributed by atoms with van der Waals surface area (Å²) in [6, 6.07) is 10.9. The Morgan fingerprint density at radius 2 is 1.80 bits per heavy atom. The molecule has 7 heteroatoms. The minimum atomic E-state index is -0.710. The predicted molar refractivity (Wildman–Crippen MR) is 118 cm³/mol. The number of rotatable bonds is 7. The SMILES string of the molecule is CCCCCN1C(=O)C(=O)/C(=C(\O)c2ccc(Cl)c(OC)c2)C1c1ccc(Cl)cc1. The number of Topliss-reactive ketones (excluding diaryl/α,β-unsaturated/α-hetero) is 1. The molecule has 0 saturated carbocycles. The minimum absolute atomic E-state index is 0.0446. The molecule has 1 saturated heterocycles. The van der Waals surface area contributed by atoms with E-state index in [1.807, 2.05) is 0 Å². The number of methoxy groups -OCH3 is 1. The summed E-state index contributed by atoms with van der Waals surface area (Å²) in [5.41, 5.74) is 1.10. The van der Waals surface area contributed by atoms with Gasteiger partial charge in [0, 0.05) is 17.1 Å². The summed E-state index contributed by atoms with van der Waals surface area (Å²) in [7, 11) is 1.46. The molecular formula is C23H23Cl2NO4. The summed E-state index contributed by atoms with van der Waals surface area (Å²) in [5, 5.41) is 12.0. The van der Waals surface area contributed by atoms with Gasteiger partial charge in [-0.15, -0.1) is 0 Å². The average Bonchev–Trinajstić information content (AvgIpc) is 2.99. The van der Waals surface area contributed by atoms with Gasteiger partial charge in [-0.05, 0) is 42.3 Å². The maximum absolute atomic E-state index is 12.9. The van der Waals surface area contributed by atoms with Crippen LogP contribution in [0, 0.1) is 0 Å². The second-order valence-electron chi connectivity index (χ2n) is 7.10. The van der Waals surface area contributed by atoms with Crippen LogP contribution in [0.2, 0.25) is 10.0 Å². The van der Waals surface area contributed by atoms with E-state index in [4.69, 9.17) is 27.9 Å². The fourth-order valence-electron chi connectivity index (χ4n) is 3.60. The number of carbonyl (C=O) groups excluding carboxylic acids is 2. The third-order valence-corrected chi connectivity index (χ3v) is 5.72. The van der Waals surface area contributed by atoms with Crippen molar-refractivity contribution < 1.29 is 19.4 Å². The minimum Gasteiger partial charge on any atom is -0.507 e. The average molecular weight is 448 g/mol. The van der Waals surface area contributed by atoms with E-state index in [1.54, 1.807) is 42.5 Å². The molecule has 3 rings (SSSR count). The van der Waals surface area contributed by atoms with Crippen molar-refractivity contribution in [3.63, 3.8) is 0 Å². The molecule has 1 aliphatic rings. The number of hydrogen-bond acceptors (Lipinski definition) is 4. The van der Waals surface area contributed by atoms with E-state index < -0.39 is 17.7 Å². The molecule has 158 valence electrons. The van der Waals surface area contributed by atoms with Crippen molar-refractivity contribution in [1.82, 2.24) is 4.90 Å². The number of unbranched alkanes of at least 4 members (excludes halogenated alkanes) is 2. The van der Waals surface area contributed by atoms with Gasteiger partial charge in [-0.1, -0.05) is 55.1 Å². The third-order valence-electron chi connectivity index (χ3n) is 5.15. The summed E-state index contributed by atoms with van der Waals surface area (Å²) in [6.45, 7) is 2.49. The second kappa shape index (κ2) is 9.54. The highest BCUT2D eigenvalue weighted by atomic mass is 35.5. The van der Waals surface area contributed by atoms with Crippen LogP contribution in [-0.4, -0.2) is 35.4 Å². The van der Waals surface area contributed by atoms with E-state index >= 15 is 0 Å². The van der Waals surface area contributed by atoms with E-state index in [0.29, 0.717) is 33.5 Å². The van der Waals surface area contributed by atoms with Crippen LogP contribution in [0.3, 0.4) is 0 Å². The van der Waals surface area contributed by atoms with Gasteiger partial charge in [0.25, 0.3) is 11.7 Å². The number of aliphatic hydroxyl groups is 1. The van der Waals surface area contributed by atoms with E-state index in [-0.39, 0.29) is 11.3 Å². The maximum atomic E-state index is 12.9. The molecule has 0 aliphatic carbocycles. The molecular weight excluding hydrogens is 425 g/mol. The van der Waals surface area contributed by atoms with E-state index in [9.17, 15) is 14.7 Å². The molecule has 1 amide bonds. The Hall–Kier alpha value is -2.50. The van der Waals surface area contributed by atoms with Crippen molar-refractivity contribution in [2.75, 3.05) is 13.7 Å². The number of likely N-dealkylation sites (tertiary alicyclic amines) is 1. The zero-order chi connectivity index (χ0) is 21.8. The Labute approximate surface area is 185 Å². The van der Waals surface area contributed by atoms with Crippen molar-refractivity contribution >= 4 is 40.7 Å². The number of ketones is 1. The van der Waals surface area contributed by atoms with Gasteiger partial charge in [0.2, 0.25) is 0 Å². The molecule has 1 unspecified atom stereocenters. The summed E-state index contributed by atoms with van der Waals surface area (Å²) < 4.78 is 5.22. The van der Waals surface area contributed by atoms with Crippen LogP contribution < -0.4 is 4.74 Å². The topological polar surface area (TPSA) is 66.8 Å². The van der Waals surface area contributed by atoms with Crippen LogP contribution in [0.1, 0.15) is 43.4 Å². The maximum Gasteiger partial charge on any atom is 0.295 e. The number of carbonyl (C=O) groups is 2. The van der Waals surface area contributed by atoms with Gasteiger partial charge in [-0.2, -0.15) is 0 Å². The Kier molecular flexibility index (Phi) is 7.06. The zero-order valence-corrected chi connectivity index (χ0v) is 18.3. The molecule has 1 aliphatic heterocycles. The Morgan fingerprint density at radius 1 is 1.10 bits per heavy atom. The first-order chi connectivity index (χ1) is 14.4. The molecule has 0 radical (unpaired) electrons. The van der Waals surface area contributed by atoms with Crippen molar-refractivity contribution in [2.24, 2.45) is 0 Å². The zero-order valence-electron chi connectivity index (χ0n) is 16.8. The van der Waals surface area contributed by atoms with Crippen molar-refractivity contribution in [2.45, 2.75) is 32.2 Å². The smallest absolute Gasteiger partial charge is 0.295 e. The molecule has 1 fully saturated rings. The van der Waals surface area contributed by atoms with Crippen LogP contribution >= 0.6 is 23.2 Å². The van der Waals surface area contributed by atoms with Gasteiger partial charge in [-0.3, -0.25) is 9.59 Å². The van der Waals surface area contributed by atoms with Crippen LogP contribution in [0.5, 0.6) is 5.75 Å². The second-order valence-corrected chi connectivity index (χ2v) is 7.94. The van der Waals surface area contributed by atoms with Crippen molar-refractivity contribution in [3.05, 3.63) is 69.2 Å². The van der Waals surface area contributed by atoms with Crippen molar-refractivity contribution in [1.29, 1.82) is 0 Å². The molecule has 0 spiro atoms. The third kappa shape index (κ3) is 4.32. The van der Waals surface area contributed by atoms with Crippen LogP contribution in [0.25, 0.3) is 5.76 Å². The van der Waals surface area contributed by atoms with Gasteiger partial charge in [0.05, 0.1) is 23.7 Å². The molecule has 1 N–H and O–H groups in total. The predicted octanol–water partition coefficient (Wildman–Crippen LogP) is 5.61. The quantitative estimate of drug-likeness (QED) is 0.259. The lowest BCUT2D eigenvalue weighted by atomic mass is 9.95.